The molecule has 174 valence electrons. The van der Waals surface area contributed by atoms with Crippen molar-refractivity contribution in [3.63, 3.8) is 0 Å². The third kappa shape index (κ3) is 4.13. The van der Waals surface area contributed by atoms with Gasteiger partial charge in [0.1, 0.15) is 17.0 Å². The van der Waals surface area contributed by atoms with E-state index in [2.05, 4.69) is 22.1 Å². The van der Waals surface area contributed by atoms with Crippen LogP contribution in [-0.4, -0.2) is 44.3 Å². The number of hydrazine groups is 1. The normalized spacial score (nSPS) is 12.9. The summed E-state index contributed by atoms with van der Waals surface area (Å²) in [4.78, 5) is 34.3. The van der Waals surface area contributed by atoms with Gasteiger partial charge in [-0.05, 0) is 43.5 Å². The number of benzene rings is 2. The van der Waals surface area contributed by atoms with E-state index in [0.717, 1.165) is 17.7 Å². The van der Waals surface area contributed by atoms with Crippen molar-refractivity contribution in [1.82, 2.24) is 19.4 Å². The van der Waals surface area contributed by atoms with E-state index in [1.165, 1.54) is 0 Å². The molecule has 1 fully saturated rings. The Morgan fingerprint density at radius 1 is 1.06 bits per heavy atom. The van der Waals surface area contributed by atoms with Crippen LogP contribution in [-0.2, 0) is 4.79 Å². The van der Waals surface area contributed by atoms with Gasteiger partial charge in [-0.2, -0.15) is 0 Å². The Morgan fingerprint density at radius 3 is 2.57 bits per heavy atom. The van der Waals surface area contributed by atoms with Gasteiger partial charge < -0.3 is 11.1 Å². The molecule has 2 aromatic carbocycles. The Bertz CT molecular complexity index is 1470. The van der Waals surface area contributed by atoms with Gasteiger partial charge in [0.15, 0.2) is 0 Å². The van der Waals surface area contributed by atoms with E-state index in [4.69, 9.17) is 10.7 Å². The van der Waals surface area contributed by atoms with Gasteiger partial charge in [0.2, 0.25) is 5.95 Å². The molecule has 1 aliphatic rings. The first-order chi connectivity index (χ1) is 17.1. The summed E-state index contributed by atoms with van der Waals surface area (Å²) in [5.74, 6) is 5.66. The van der Waals surface area contributed by atoms with E-state index in [1.54, 1.807) is 36.5 Å². The Hall–Kier alpha value is -4.84. The molecule has 3 heterocycles. The van der Waals surface area contributed by atoms with Gasteiger partial charge in [-0.1, -0.05) is 36.3 Å². The summed E-state index contributed by atoms with van der Waals surface area (Å²) in [6.07, 6.45) is 4.17. The molecule has 0 bridgehead atoms. The minimum Gasteiger partial charge on any atom is -0.382 e. The standard InChI is InChI=1S/C26H23N7O2/c1-2-7-21(34)32-15-6-16-33(32)26-30-22(23-24(27)28-14-17-31(23)26)18-10-12-19(13-11-18)25(35)29-20-8-4-3-5-9-20/h3-5,8-14,17H,6,15-16H2,1H3,(H2,27,28)(H,29,35). The van der Waals surface area contributed by atoms with Crippen molar-refractivity contribution in [3.8, 4) is 23.1 Å². The van der Waals surface area contributed by atoms with Crippen molar-refractivity contribution in [2.75, 3.05) is 29.1 Å². The first-order valence-corrected chi connectivity index (χ1v) is 11.2. The number of anilines is 3. The third-order valence-corrected chi connectivity index (χ3v) is 5.75. The van der Waals surface area contributed by atoms with Gasteiger partial charge in [-0.3, -0.25) is 14.0 Å². The molecular weight excluding hydrogens is 442 g/mol. The van der Waals surface area contributed by atoms with Crippen molar-refractivity contribution >= 4 is 34.8 Å². The van der Waals surface area contributed by atoms with E-state index in [0.29, 0.717) is 41.6 Å². The average molecular weight is 466 g/mol. The first-order valence-electron chi connectivity index (χ1n) is 11.2. The van der Waals surface area contributed by atoms with Crippen molar-refractivity contribution in [3.05, 3.63) is 72.6 Å². The first kappa shape index (κ1) is 22.0. The summed E-state index contributed by atoms with van der Waals surface area (Å²) in [6, 6.07) is 16.4. The van der Waals surface area contributed by atoms with Gasteiger partial charge in [0.05, 0.1) is 0 Å². The Labute approximate surface area is 202 Å². The molecule has 0 unspecified atom stereocenters. The van der Waals surface area contributed by atoms with Crippen LogP contribution in [0.4, 0.5) is 17.5 Å². The number of carbonyl (C=O) groups is 2. The zero-order valence-corrected chi connectivity index (χ0v) is 19.1. The summed E-state index contributed by atoms with van der Waals surface area (Å²) in [5, 5.41) is 6.30. The molecule has 9 heteroatoms. The number of para-hydroxylation sites is 1. The molecule has 1 saturated heterocycles. The van der Waals surface area contributed by atoms with E-state index < -0.39 is 0 Å². The summed E-state index contributed by atoms with van der Waals surface area (Å²) in [7, 11) is 0. The molecule has 9 nitrogen and oxygen atoms in total. The summed E-state index contributed by atoms with van der Waals surface area (Å²) in [6.45, 7) is 2.82. The zero-order valence-electron chi connectivity index (χ0n) is 19.1. The molecule has 4 aromatic rings. The van der Waals surface area contributed by atoms with Crippen LogP contribution in [0, 0.1) is 11.8 Å². The maximum atomic E-state index is 12.6. The highest BCUT2D eigenvalue weighted by Crippen LogP contribution is 2.33. The zero-order chi connectivity index (χ0) is 24.4. The van der Waals surface area contributed by atoms with Crippen LogP contribution in [0.15, 0.2) is 67.0 Å². The lowest BCUT2D eigenvalue weighted by molar-refractivity contribution is -0.124. The molecule has 0 atom stereocenters. The number of fused-ring (bicyclic) bond motifs is 1. The van der Waals surface area contributed by atoms with Crippen molar-refractivity contribution in [2.45, 2.75) is 13.3 Å². The molecular formula is C26H23N7O2. The maximum absolute atomic E-state index is 12.6. The fraction of sp³-hybridized carbons (Fsp3) is 0.154. The molecule has 0 aliphatic carbocycles. The Balaban J connectivity index is 1.51. The summed E-state index contributed by atoms with van der Waals surface area (Å²) >= 11 is 0. The topological polar surface area (TPSA) is 109 Å². The van der Waals surface area contributed by atoms with Gasteiger partial charge >= 0.3 is 5.91 Å². The second-order valence-electron chi connectivity index (χ2n) is 7.97. The lowest BCUT2D eigenvalue weighted by Gasteiger charge is -2.26. The number of aromatic nitrogens is 3. The van der Waals surface area contributed by atoms with Gasteiger partial charge in [-0.15, -0.1) is 0 Å². The molecule has 5 rings (SSSR count). The van der Waals surface area contributed by atoms with Crippen molar-refractivity contribution < 1.29 is 9.59 Å². The molecule has 2 aromatic heterocycles. The number of nitrogens with one attached hydrogen (secondary N) is 1. The summed E-state index contributed by atoms with van der Waals surface area (Å²) < 4.78 is 1.83. The fourth-order valence-corrected chi connectivity index (χ4v) is 4.14. The second-order valence-corrected chi connectivity index (χ2v) is 7.97. The predicted molar refractivity (Wildman–Crippen MR) is 134 cm³/mol. The van der Waals surface area contributed by atoms with E-state index in [1.807, 2.05) is 51.9 Å². The van der Waals surface area contributed by atoms with Gasteiger partial charge in [0.25, 0.3) is 5.91 Å². The smallest absolute Gasteiger partial charge is 0.317 e. The highest BCUT2D eigenvalue weighted by Gasteiger charge is 2.30. The predicted octanol–water partition coefficient (Wildman–Crippen LogP) is 3.21. The molecule has 0 spiro atoms. The SMILES string of the molecule is CC#CC(=O)N1CCCN1c1nc(-c2ccc(C(=O)Nc3ccccc3)cc2)c2c(N)nccn12. The highest BCUT2D eigenvalue weighted by molar-refractivity contribution is 6.04. The number of hydrogen-bond acceptors (Lipinski definition) is 6. The lowest BCUT2D eigenvalue weighted by Crippen LogP contribution is -2.41. The lowest BCUT2D eigenvalue weighted by atomic mass is 10.1. The fourth-order valence-electron chi connectivity index (χ4n) is 4.14. The number of nitrogens with zero attached hydrogens (tertiary/aromatic N) is 5. The quantitative estimate of drug-likeness (QED) is 0.448. The number of hydrogen-bond donors (Lipinski definition) is 2. The van der Waals surface area contributed by atoms with Crippen LogP contribution < -0.4 is 16.1 Å². The molecule has 1 aliphatic heterocycles. The van der Waals surface area contributed by atoms with Gasteiger partial charge in [0, 0.05) is 42.3 Å². The average Bonchev–Trinajstić information content (AvgIpc) is 3.51. The van der Waals surface area contributed by atoms with Crippen LogP contribution in [0.3, 0.4) is 0 Å². The van der Waals surface area contributed by atoms with Crippen LogP contribution in [0.5, 0.6) is 0 Å². The number of imidazole rings is 1. The largest absolute Gasteiger partial charge is 0.382 e. The number of nitrogen functional groups attached to an aromatic ring is 1. The van der Waals surface area contributed by atoms with E-state index in [9.17, 15) is 9.59 Å². The Morgan fingerprint density at radius 2 is 1.83 bits per heavy atom. The number of amides is 2. The molecule has 3 N–H and O–H groups in total. The molecule has 0 saturated carbocycles. The molecule has 0 radical (unpaired) electrons. The van der Waals surface area contributed by atoms with E-state index >= 15 is 0 Å². The second kappa shape index (κ2) is 9.19. The van der Waals surface area contributed by atoms with E-state index in [-0.39, 0.29) is 11.8 Å². The number of rotatable bonds is 4. The third-order valence-electron chi connectivity index (χ3n) is 5.75. The number of nitrogens with two attached hydrogens (primary N) is 1. The van der Waals surface area contributed by atoms with Crippen molar-refractivity contribution in [2.24, 2.45) is 0 Å². The van der Waals surface area contributed by atoms with Gasteiger partial charge in [-0.25, -0.2) is 20.0 Å². The molecule has 35 heavy (non-hydrogen) atoms. The number of carbonyl (C=O) groups excluding carboxylic acids is 2. The highest BCUT2D eigenvalue weighted by atomic mass is 16.2. The maximum Gasteiger partial charge on any atom is 0.317 e. The summed E-state index contributed by atoms with van der Waals surface area (Å²) in [5.41, 5.74) is 9.51. The molecule has 2 amide bonds. The van der Waals surface area contributed by atoms with Crippen LogP contribution in [0.2, 0.25) is 0 Å². The van der Waals surface area contributed by atoms with Crippen LogP contribution in [0.1, 0.15) is 23.7 Å². The Kier molecular flexibility index (Phi) is 5.77. The van der Waals surface area contributed by atoms with Crippen LogP contribution >= 0.6 is 0 Å². The minimum absolute atomic E-state index is 0.206. The van der Waals surface area contributed by atoms with Crippen molar-refractivity contribution in [1.29, 1.82) is 0 Å². The monoisotopic (exact) mass is 465 g/mol. The minimum atomic E-state index is -0.279. The van der Waals surface area contributed by atoms with Crippen LogP contribution in [0.25, 0.3) is 16.8 Å².